The summed E-state index contributed by atoms with van der Waals surface area (Å²) in [6.45, 7) is 4.43. The first-order chi connectivity index (χ1) is 8.19. The molecular formula is C13H25NO3. The second-order valence-corrected chi connectivity index (χ2v) is 4.82. The molecule has 4 nitrogen and oxygen atoms in total. The monoisotopic (exact) mass is 243 g/mol. The first-order valence-electron chi connectivity index (χ1n) is 6.44. The third kappa shape index (κ3) is 4.74. The Labute approximate surface area is 104 Å². The van der Waals surface area contributed by atoms with Crippen molar-refractivity contribution in [2.24, 2.45) is 0 Å². The van der Waals surface area contributed by atoms with Crippen LogP contribution in [0, 0.1) is 0 Å². The predicted molar refractivity (Wildman–Crippen MR) is 67.2 cm³/mol. The van der Waals surface area contributed by atoms with Crippen LogP contribution < -0.4 is 0 Å². The molecule has 1 saturated carbocycles. The minimum absolute atomic E-state index is 0.339. The van der Waals surface area contributed by atoms with E-state index in [-0.39, 0.29) is 0 Å². The fourth-order valence-corrected chi connectivity index (χ4v) is 2.58. The van der Waals surface area contributed by atoms with Gasteiger partial charge in [0.15, 0.2) is 0 Å². The third-order valence-electron chi connectivity index (χ3n) is 3.45. The van der Waals surface area contributed by atoms with Gasteiger partial charge in [-0.3, -0.25) is 9.69 Å². The highest BCUT2D eigenvalue weighted by molar-refractivity contribution is 5.79. The molecule has 0 aliphatic heterocycles. The van der Waals surface area contributed by atoms with E-state index >= 15 is 0 Å². The lowest BCUT2D eigenvalue weighted by molar-refractivity contribution is -0.122. The number of rotatable bonds is 7. The van der Waals surface area contributed by atoms with Gasteiger partial charge in [0.1, 0.15) is 5.78 Å². The molecule has 0 amide bonds. The molecule has 0 aromatic rings. The van der Waals surface area contributed by atoms with Crippen LogP contribution in [0.2, 0.25) is 0 Å². The standard InChI is InChI=1S/C13H25NO3/c1-11(10-17-3)14(7-8-16-2)12-5-4-6-13(15)9-12/h11-12H,4-10H2,1-3H3. The molecule has 0 N–H and O–H groups in total. The zero-order valence-corrected chi connectivity index (χ0v) is 11.3. The van der Waals surface area contributed by atoms with Crippen molar-refractivity contribution in [1.82, 2.24) is 4.90 Å². The summed E-state index contributed by atoms with van der Waals surface area (Å²) in [5, 5.41) is 0. The van der Waals surface area contributed by atoms with Gasteiger partial charge in [-0.15, -0.1) is 0 Å². The maximum Gasteiger partial charge on any atom is 0.134 e. The highest BCUT2D eigenvalue weighted by Crippen LogP contribution is 2.22. The number of methoxy groups -OCH3 is 2. The fraction of sp³-hybridized carbons (Fsp3) is 0.923. The van der Waals surface area contributed by atoms with Crippen LogP contribution in [0.15, 0.2) is 0 Å². The average molecular weight is 243 g/mol. The normalized spacial score (nSPS) is 23.1. The summed E-state index contributed by atoms with van der Waals surface area (Å²) in [6.07, 6.45) is 3.58. The van der Waals surface area contributed by atoms with Crippen LogP contribution in [0.4, 0.5) is 0 Å². The topological polar surface area (TPSA) is 38.8 Å². The van der Waals surface area contributed by atoms with Gasteiger partial charge in [0, 0.05) is 45.7 Å². The Bertz CT molecular complexity index is 233. The second kappa shape index (κ2) is 7.80. The maximum atomic E-state index is 11.5. The molecule has 1 aliphatic carbocycles. The van der Waals surface area contributed by atoms with E-state index in [1.54, 1.807) is 14.2 Å². The summed E-state index contributed by atoms with van der Waals surface area (Å²) in [7, 11) is 3.43. The molecule has 0 spiro atoms. The van der Waals surface area contributed by atoms with Gasteiger partial charge in [-0.2, -0.15) is 0 Å². The van der Waals surface area contributed by atoms with E-state index < -0.39 is 0 Å². The van der Waals surface area contributed by atoms with Gasteiger partial charge in [-0.05, 0) is 19.8 Å². The maximum absolute atomic E-state index is 11.5. The number of carbonyl (C=O) groups is 1. The number of nitrogens with zero attached hydrogens (tertiary/aromatic N) is 1. The van der Waals surface area contributed by atoms with Crippen molar-refractivity contribution in [3.05, 3.63) is 0 Å². The Balaban J connectivity index is 2.56. The molecule has 4 heteroatoms. The minimum Gasteiger partial charge on any atom is -0.383 e. The van der Waals surface area contributed by atoms with Crippen molar-refractivity contribution in [2.75, 3.05) is 34.0 Å². The quantitative estimate of drug-likeness (QED) is 0.679. The summed E-state index contributed by atoms with van der Waals surface area (Å²) in [5.41, 5.74) is 0. The van der Waals surface area contributed by atoms with E-state index in [9.17, 15) is 4.79 Å². The highest BCUT2D eigenvalue weighted by atomic mass is 16.5. The molecule has 0 aromatic carbocycles. The molecule has 0 aromatic heterocycles. The Hall–Kier alpha value is -0.450. The van der Waals surface area contributed by atoms with Crippen molar-refractivity contribution >= 4 is 5.78 Å². The summed E-state index contributed by atoms with van der Waals surface area (Å²) < 4.78 is 10.4. The minimum atomic E-state index is 0.339. The SMILES string of the molecule is COCCN(C(C)COC)C1CCCC(=O)C1. The van der Waals surface area contributed by atoms with Crippen LogP contribution in [0.5, 0.6) is 0 Å². The highest BCUT2D eigenvalue weighted by Gasteiger charge is 2.28. The molecule has 1 rings (SSSR count). The number of Topliss-reactive ketones (excluding diaryl/α,β-unsaturated/α-hetero) is 1. The first-order valence-corrected chi connectivity index (χ1v) is 6.44. The van der Waals surface area contributed by atoms with E-state index in [1.165, 1.54) is 0 Å². The van der Waals surface area contributed by atoms with E-state index in [4.69, 9.17) is 9.47 Å². The van der Waals surface area contributed by atoms with Crippen LogP contribution in [-0.2, 0) is 14.3 Å². The van der Waals surface area contributed by atoms with Gasteiger partial charge in [-0.25, -0.2) is 0 Å². The number of ether oxygens (including phenoxy) is 2. The van der Waals surface area contributed by atoms with E-state index in [2.05, 4.69) is 11.8 Å². The number of hydrogen-bond donors (Lipinski definition) is 0. The molecule has 0 bridgehead atoms. The molecule has 17 heavy (non-hydrogen) atoms. The zero-order valence-electron chi connectivity index (χ0n) is 11.3. The van der Waals surface area contributed by atoms with Crippen molar-refractivity contribution in [3.8, 4) is 0 Å². The van der Waals surface area contributed by atoms with Crippen molar-refractivity contribution in [1.29, 1.82) is 0 Å². The molecule has 1 fully saturated rings. The summed E-state index contributed by atoms with van der Waals surface area (Å²) in [5.74, 6) is 0.397. The van der Waals surface area contributed by atoms with Crippen molar-refractivity contribution < 1.29 is 14.3 Å². The molecular weight excluding hydrogens is 218 g/mol. The Morgan fingerprint density at radius 3 is 2.76 bits per heavy atom. The average Bonchev–Trinajstić information content (AvgIpc) is 2.30. The van der Waals surface area contributed by atoms with E-state index in [0.29, 0.717) is 37.5 Å². The van der Waals surface area contributed by atoms with Gasteiger partial charge >= 0.3 is 0 Å². The number of ketones is 1. The van der Waals surface area contributed by atoms with Gasteiger partial charge in [0.05, 0.1) is 13.2 Å². The molecule has 0 saturated heterocycles. The van der Waals surface area contributed by atoms with Crippen LogP contribution in [0.1, 0.15) is 32.6 Å². The molecule has 1 aliphatic rings. The zero-order chi connectivity index (χ0) is 12.7. The lowest BCUT2D eigenvalue weighted by Gasteiger charge is -2.37. The third-order valence-corrected chi connectivity index (χ3v) is 3.45. The predicted octanol–water partition coefficient (Wildman–Crippen LogP) is 1.48. The summed E-state index contributed by atoms with van der Waals surface area (Å²) >= 11 is 0. The van der Waals surface area contributed by atoms with Gasteiger partial charge < -0.3 is 9.47 Å². The lowest BCUT2D eigenvalue weighted by atomic mass is 9.92. The lowest BCUT2D eigenvalue weighted by Crippen LogP contribution is -2.47. The summed E-state index contributed by atoms with van der Waals surface area (Å²) in [4.78, 5) is 13.9. The molecule has 0 heterocycles. The number of hydrogen-bond acceptors (Lipinski definition) is 4. The smallest absolute Gasteiger partial charge is 0.134 e. The number of carbonyl (C=O) groups excluding carboxylic acids is 1. The Kier molecular flexibility index (Phi) is 6.70. The molecule has 2 unspecified atom stereocenters. The van der Waals surface area contributed by atoms with E-state index in [0.717, 1.165) is 25.8 Å². The molecule has 2 atom stereocenters. The first kappa shape index (κ1) is 14.6. The van der Waals surface area contributed by atoms with Crippen LogP contribution in [-0.4, -0.2) is 56.7 Å². The van der Waals surface area contributed by atoms with Gasteiger partial charge in [0.2, 0.25) is 0 Å². The van der Waals surface area contributed by atoms with Crippen LogP contribution >= 0.6 is 0 Å². The van der Waals surface area contributed by atoms with Crippen LogP contribution in [0.25, 0.3) is 0 Å². The van der Waals surface area contributed by atoms with Gasteiger partial charge in [-0.1, -0.05) is 0 Å². The van der Waals surface area contributed by atoms with E-state index in [1.807, 2.05) is 0 Å². The molecule has 100 valence electrons. The fourth-order valence-electron chi connectivity index (χ4n) is 2.58. The largest absolute Gasteiger partial charge is 0.383 e. The molecule has 0 radical (unpaired) electrons. The van der Waals surface area contributed by atoms with Crippen LogP contribution in [0.3, 0.4) is 0 Å². The van der Waals surface area contributed by atoms with Crippen molar-refractivity contribution in [2.45, 2.75) is 44.7 Å². The Morgan fingerprint density at radius 1 is 1.41 bits per heavy atom. The summed E-state index contributed by atoms with van der Waals surface area (Å²) in [6, 6.07) is 0.711. The second-order valence-electron chi connectivity index (χ2n) is 4.82. The van der Waals surface area contributed by atoms with Gasteiger partial charge in [0.25, 0.3) is 0 Å². The van der Waals surface area contributed by atoms with Crippen molar-refractivity contribution in [3.63, 3.8) is 0 Å². The Morgan fingerprint density at radius 2 is 2.18 bits per heavy atom.